The zero-order valence-corrected chi connectivity index (χ0v) is 10.8. The fraction of sp³-hybridized carbons (Fsp3) is 0.0714. The largest absolute Gasteiger partial charge is 0.399 e. The molecule has 0 aromatic heterocycles. The second-order valence-electron chi connectivity index (χ2n) is 3.80. The quantitative estimate of drug-likeness (QED) is 0.656. The SMILES string of the molecule is CSc1ccc(C(=O)Nc2ccc(N)cc2)cc1. The second-order valence-corrected chi connectivity index (χ2v) is 4.68. The van der Waals surface area contributed by atoms with Crippen LogP contribution < -0.4 is 11.1 Å². The van der Waals surface area contributed by atoms with E-state index in [0.29, 0.717) is 11.3 Å². The van der Waals surface area contributed by atoms with Crippen molar-refractivity contribution in [1.29, 1.82) is 0 Å². The number of nitrogens with one attached hydrogen (secondary N) is 1. The van der Waals surface area contributed by atoms with E-state index in [2.05, 4.69) is 5.32 Å². The van der Waals surface area contributed by atoms with Crippen LogP contribution in [0.2, 0.25) is 0 Å². The van der Waals surface area contributed by atoms with Crippen molar-refractivity contribution < 1.29 is 4.79 Å². The monoisotopic (exact) mass is 258 g/mol. The Hall–Kier alpha value is -1.94. The van der Waals surface area contributed by atoms with Gasteiger partial charge in [-0.1, -0.05) is 0 Å². The molecule has 0 bridgehead atoms. The first-order valence-corrected chi connectivity index (χ1v) is 6.72. The average Bonchev–Trinajstić information content (AvgIpc) is 2.41. The minimum absolute atomic E-state index is 0.118. The summed E-state index contributed by atoms with van der Waals surface area (Å²) in [6.45, 7) is 0. The Morgan fingerprint density at radius 3 is 2.22 bits per heavy atom. The number of hydrogen-bond donors (Lipinski definition) is 2. The van der Waals surface area contributed by atoms with Crippen LogP contribution >= 0.6 is 11.8 Å². The number of nitrogen functional groups attached to an aromatic ring is 1. The van der Waals surface area contributed by atoms with E-state index in [1.165, 1.54) is 0 Å². The second kappa shape index (κ2) is 5.60. The zero-order valence-electron chi connectivity index (χ0n) is 10.0. The summed E-state index contributed by atoms with van der Waals surface area (Å²) >= 11 is 1.65. The summed E-state index contributed by atoms with van der Waals surface area (Å²) in [5.41, 5.74) is 7.65. The molecule has 0 heterocycles. The molecule has 3 N–H and O–H groups in total. The van der Waals surface area contributed by atoms with Crippen LogP contribution in [0.5, 0.6) is 0 Å². The molecule has 2 aromatic carbocycles. The number of carbonyl (C=O) groups is 1. The lowest BCUT2D eigenvalue weighted by atomic mass is 10.2. The van der Waals surface area contributed by atoms with Gasteiger partial charge in [0.25, 0.3) is 5.91 Å². The highest BCUT2D eigenvalue weighted by molar-refractivity contribution is 7.98. The third kappa shape index (κ3) is 3.05. The van der Waals surface area contributed by atoms with Crippen molar-refractivity contribution >= 4 is 29.0 Å². The number of hydrogen-bond acceptors (Lipinski definition) is 3. The maximum absolute atomic E-state index is 11.9. The Labute approximate surface area is 110 Å². The van der Waals surface area contributed by atoms with Crippen LogP contribution in [-0.2, 0) is 0 Å². The molecule has 3 nitrogen and oxygen atoms in total. The van der Waals surface area contributed by atoms with Gasteiger partial charge in [0, 0.05) is 21.8 Å². The van der Waals surface area contributed by atoms with Crippen molar-refractivity contribution in [2.45, 2.75) is 4.90 Å². The average molecular weight is 258 g/mol. The van der Waals surface area contributed by atoms with Gasteiger partial charge in [-0.25, -0.2) is 0 Å². The first-order chi connectivity index (χ1) is 8.69. The summed E-state index contributed by atoms with van der Waals surface area (Å²) in [5.74, 6) is -0.118. The summed E-state index contributed by atoms with van der Waals surface area (Å²) in [5, 5.41) is 2.82. The molecular weight excluding hydrogens is 244 g/mol. The summed E-state index contributed by atoms with van der Waals surface area (Å²) in [6, 6.07) is 14.6. The van der Waals surface area contributed by atoms with Gasteiger partial charge in [0.05, 0.1) is 0 Å². The number of thioether (sulfide) groups is 1. The van der Waals surface area contributed by atoms with Gasteiger partial charge in [0.1, 0.15) is 0 Å². The molecule has 0 unspecified atom stereocenters. The van der Waals surface area contributed by atoms with Gasteiger partial charge >= 0.3 is 0 Å². The van der Waals surface area contributed by atoms with E-state index < -0.39 is 0 Å². The highest BCUT2D eigenvalue weighted by Gasteiger charge is 2.05. The molecule has 4 heteroatoms. The fourth-order valence-corrected chi connectivity index (χ4v) is 1.92. The molecule has 0 aliphatic carbocycles. The predicted molar refractivity (Wildman–Crippen MR) is 77.0 cm³/mol. The van der Waals surface area contributed by atoms with Crippen LogP contribution in [0.4, 0.5) is 11.4 Å². The number of rotatable bonds is 3. The molecule has 2 aromatic rings. The molecule has 0 saturated heterocycles. The van der Waals surface area contributed by atoms with E-state index in [0.717, 1.165) is 10.6 Å². The number of carbonyl (C=O) groups excluding carboxylic acids is 1. The third-order valence-corrected chi connectivity index (χ3v) is 3.26. The summed E-state index contributed by atoms with van der Waals surface area (Å²) in [4.78, 5) is 13.1. The van der Waals surface area contributed by atoms with Crippen LogP contribution in [0.25, 0.3) is 0 Å². The Bertz CT molecular complexity index is 535. The normalized spacial score (nSPS) is 10.1. The Morgan fingerprint density at radius 1 is 1.06 bits per heavy atom. The highest BCUT2D eigenvalue weighted by Crippen LogP contribution is 2.16. The lowest BCUT2D eigenvalue weighted by molar-refractivity contribution is 0.102. The molecule has 18 heavy (non-hydrogen) atoms. The number of anilines is 2. The highest BCUT2D eigenvalue weighted by atomic mass is 32.2. The Morgan fingerprint density at radius 2 is 1.67 bits per heavy atom. The van der Waals surface area contributed by atoms with Crippen molar-refractivity contribution in [1.82, 2.24) is 0 Å². The maximum atomic E-state index is 11.9. The minimum atomic E-state index is -0.118. The maximum Gasteiger partial charge on any atom is 0.255 e. The van der Waals surface area contributed by atoms with E-state index in [4.69, 9.17) is 5.73 Å². The van der Waals surface area contributed by atoms with E-state index >= 15 is 0 Å². The summed E-state index contributed by atoms with van der Waals surface area (Å²) in [6.07, 6.45) is 2.00. The molecule has 0 aliphatic heterocycles. The summed E-state index contributed by atoms with van der Waals surface area (Å²) in [7, 11) is 0. The number of amides is 1. The Kier molecular flexibility index (Phi) is 3.89. The minimum Gasteiger partial charge on any atom is -0.399 e. The van der Waals surface area contributed by atoms with E-state index in [1.54, 1.807) is 36.0 Å². The van der Waals surface area contributed by atoms with Crippen LogP contribution in [0.1, 0.15) is 10.4 Å². The zero-order chi connectivity index (χ0) is 13.0. The molecular formula is C14H14N2OS. The van der Waals surface area contributed by atoms with Gasteiger partial charge in [0.15, 0.2) is 0 Å². The molecule has 0 aliphatic rings. The molecule has 0 atom stereocenters. The van der Waals surface area contributed by atoms with Crippen molar-refractivity contribution in [2.24, 2.45) is 0 Å². The molecule has 2 rings (SSSR count). The van der Waals surface area contributed by atoms with Crippen LogP contribution in [0.3, 0.4) is 0 Å². The molecule has 92 valence electrons. The lowest BCUT2D eigenvalue weighted by Gasteiger charge is -2.06. The molecule has 0 fully saturated rings. The van der Waals surface area contributed by atoms with Gasteiger partial charge in [-0.3, -0.25) is 4.79 Å². The van der Waals surface area contributed by atoms with Crippen molar-refractivity contribution in [2.75, 3.05) is 17.3 Å². The van der Waals surface area contributed by atoms with Gasteiger partial charge in [0.2, 0.25) is 0 Å². The predicted octanol–water partition coefficient (Wildman–Crippen LogP) is 3.24. The number of nitrogens with two attached hydrogens (primary N) is 1. The van der Waals surface area contributed by atoms with E-state index in [1.807, 2.05) is 30.5 Å². The van der Waals surface area contributed by atoms with Gasteiger partial charge in [-0.15, -0.1) is 11.8 Å². The van der Waals surface area contributed by atoms with Crippen LogP contribution in [0, 0.1) is 0 Å². The van der Waals surface area contributed by atoms with E-state index in [-0.39, 0.29) is 5.91 Å². The summed E-state index contributed by atoms with van der Waals surface area (Å²) < 4.78 is 0. The topological polar surface area (TPSA) is 55.1 Å². The molecule has 0 saturated carbocycles. The van der Waals surface area contributed by atoms with Crippen LogP contribution in [0.15, 0.2) is 53.4 Å². The van der Waals surface area contributed by atoms with E-state index in [9.17, 15) is 4.79 Å². The van der Waals surface area contributed by atoms with Gasteiger partial charge in [-0.2, -0.15) is 0 Å². The van der Waals surface area contributed by atoms with Crippen LogP contribution in [-0.4, -0.2) is 12.2 Å². The third-order valence-electron chi connectivity index (χ3n) is 2.52. The Balaban J connectivity index is 2.09. The molecule has 0 radical (unpaired) electrons. The van der Waals surface area contributed by atoms with Gasteiger partial charge in [-0.05, 0) is 54.8 Å². The van der Waals surface area contributed by atoms with Gasteiger partial charge < -0.3 is 11.1 Å². The molecule has 1 amide bonds. The lowest BCUT2D eigenvalue weighted by Crippen LogP contribution is -2.11. The fourth-order valence-electron chi connectivity index (χ4n) is 1.51. The smallest absolute Gasteiger partial charge is 0.255 e. The van der Waals surface area contributed by atoms with Crippen molar-refractivity contribution in [3.8, 4) is 0 Å². The van der Waals surface area contributed by atoms with Crippen molar-refractivity contribution in [3.05, 3.63) is 54.1 Å². The first-order valence-electron chi connectivity index (χ1n) is 5.50. The number of benzene rings is 2. The first kappa shape index (κ1) is 12.5. The molecule has 0 spiro atoms. The standard InChI is InChI=1S/C14H14N2OS/c1-18-13-8-2-10(3-9-13)14(17)16-12-6-4-11(15)5-7-12/h2-9H,15H2,1H3,(H,16,17). The van der Waals surface area contributed by atoms with Crippen molar-refractivity contribution in [3.63, 3.8) is 0 Å².